The van der Waals surface area contributed by atoms with E-state index < -0.39 is 17.3 Å². The highest BCUT2D eigenvalue weighted by atomic mass is 16.5. The summed E-state index contributed by atoms with van der Waals surface area (Å²) < 4.78 is 4.67. The fourth-order valence-electron chi connectivity index (χ4n) is 1.05. The molecule has 2 N–H and O–H groups in total. The minimum Gasteiger partial charge on any atom is -0.502 e. The van der Waals surface area contributed by atoms with Crippen LogP contribution < -0.4 is 5.56 Å². The Kier molecular flexibility index (Phi) is 2.91. The van der Waals surface area contributed by atoms with Crippen LogP contribution in [-0.2, 0) is 4.74 Å². The van der Waals surface area contributed by atoms with Crippen LogP contribution >= 0.6 is 0 Å². The van der Waals surface area contributed by atoms with E-state index in [0.717, 1.165) is 0 Å². The first-order valence-electron chi connectivity index (χ1n) is 4.16. The topological polar surface area (TPSA) is 79.4 Å². The van der Waals surface area contributed by atoms with Gasteiger partial charge in [0, 0.05) is 5.69 Å². The predicted octanol–water partition coefficient (Wildman–Crippen LogP) is 0.566. The van der Waals surface area contributed by atoms with Crippen molar-refractivity contribution < 1.29 is 14.6 Å². The Morgan fingerprint density at radius 2 is 2.29 bits per heavy atom. The molecular formula is C9H11NO4. The first kappa shape index (κ1) is 10.3. The van der Waals surface area contributed by atoms with Gasteiger partial charge in [-0.1, -0.05) is 0 Å². The molecule has 1 aromatic rings. The number of rotatable bonds is 2. The van der Waals surface area contributed by atoms with Crippen molar-refractivity contribution in [2.45, 2.75) is 13.8 Å². The van der Waals surface area contributed by atoms with Crippen molar-refractivity contribution in [2.75, 3.05) is 6.61 Å². The summed E-state index contributed by atoms with van der Waals surface area (Å²) in [7, 11) is 0. The van der Waals surface area contributed by atoms with Gasteiger partial charge in [0.05, 0.1) is 6.61 Å². The summed E-state index contributed by atoms with van der Waals surface area (Å²) in [5, 5.41) is 9.27. The van der Waals surface area contributed by atoms with E-state index in [0.29, 0.717) is 5.69 Å². The molecule has 0 radical (unpaired) electrons. The Morgan fingerprint density at radius 1 is 1.64 bits per heavy atom. The number of aromatic nitrogens is 1. The summed E-state index contributed by atoms with van der Waals surface area (Å²) in [6.45, 7) is 3.46. The van der Waals surface area contributed by atoms with Crippen molar-refractivity contribution in [3.63, 3.8) is 0 Å². The third-order valence-electron chi connectivity index (χ3n) is 1.64. The molecule has 76 valence electrons. The average Bonchev–Trinajstić information content (AvgIpc) is 2.11. The summed E-state index contributed by atoms with van der Waals surface area (Å²) >= 11 is 0. The maximum Gasteiger partial charge on any atom is 0.342 e. The maximum atomic E-state index is 11.2. The molecule has 0 bridgehead atoms. The van der Waals surface area contributed by atoms with Crippen LogP contribution in [-0.4, -0.2) is 22.7 Å². The van der Waals surface area contributed by atoms with Crippen molar-refractivity contribution in [3.05, 3.63) is 27.7 Å². The van der Waals surface area contributed by atoms with E-state index in [1.165, 1.54) is 6.07 Å². The van der Waals surface area contributed by atoms with Crippen molar-refractivity contribution >= 4 is 5.97 Å². The lowest BCUT2D eigenvalue weighted by Gasteiger charge is -2.04. The highest BCUT2D eigenvalue weighted by molar-refractivity contribution is 5.92. The van der Waals surface area contributed by atoms with E-state index in [4.69, 9.17) is 0 Å². The lowest BCUT2D eigenvalue weighted by Crippen LogP contribution is -2.14. The number of esters is 1. The van der Waals surface area contributed by atoms with Gasteiger partial charge >= 0.3 is 5.97 Å². The van der Waals surface area contributed by atoms with E-state index in [-0.39, 0.29) is 12.2 Å². The number of pyridine rings is 1. The van der Waals surface area contributed by atoms with Gasteiger partial charge in [0.2, 0.25) is 0 Å². The molecule has 1 aromatic heterocycles. The molecular weight excluding hydrogens is 186 g/mol. The molecule has 14 heavy (non-hydrogen) atoms. The van der Waals surface area contributed by atoms with Gasteiger partial charge in [0.25, 0.3) is 5.56 Å². The fourth-order valence-corrected chi connectivity index (χ4v) is 1.05. The van der Waals surface area contributed by atoms with Crippen LogP contribution in [0.5, 0.6) is 5.75 Å². The Bertz CT molecular complexity index is 408. The van der Waals surface area contributed by atoms with E-state index >= 15 is 0 Å². The maximum absolute atomic E-state index is 11.2. The molecule has 0 fully saturated rings. The van der Waals surface area contributed by atoms with Crippen LogP contribution in [0.1, 0.15) is 23.0 Å². The van der Waals surface area contributed by atoms with Gasteiger partial charge in [-0.25, -0.2) is 4.79 Å². The largest absolute Gasteiger partial charge is 0.502 e. The normalized spacial score (nSPS) is 9.86. The number of H-pyrrole nitrogens is 1. The lowest BCUT2D eigenvalue weighted by molar-refractivity contribution is 0.0522. The molecule has 0 saturated carbocycles. The molecule has 0 atom stereocenters. The molecule has 0 amide bonds. The molecule has 0 saturated heterocycles. The van der Waals surface area contributed by atoms with Gasteiger partial charge in [-0.2, -0.15) is 0 Å². The Labute approximate surface area is 80.3 Å². The zero-order valence-electron chi connectivity index (χ0n) is 7.96. The smallest absolute Gasteiger partial charge is 0.342 e. The van der Waals surface area contributed by atoms with E-state index in [2.05, 4.69) is 9.72 Å². The van der Waals surface area contributed by atoms with E-state index in [1.807, 2.05) is 0 Å². The zero-order valence-corrected chi connectivity index (χ0v) is 7.96. The molecule has 0 spiro atoms. The van der Waals surface area contributed by atoms with Crippen molar-refractivity contribution in [3.8, 4) is 5.75 Å². The van der Waals surface area contributed by atoms with Gasteiger partial charge in [0.15, 0.2) is 5.75 Å². The van der Waals surface area contributed by atoms with Gasteiger partial charge in [-0.15, -0.1) is 0 Å². The number of aromatic hydroxyl groups is 1. The number of hydrogen-bond donors (Lipinski definition) is 2. The number of carbonyl (C=O) groups is 1. The lowest BCUT2D eigenvalue weighted by atomic mass is 10.2. The van der Waals surface area contributed by atoms with Crippen molar-refractivity contribution in [1.82, 2.24) is 4.98 Å². The molecule has 0 aromatic carbocycles. The molecule has 5 nitrogen and oxygen atoms in total. The number of carbonyl (C=O) groups excluding carboxylic acids is 1. The number of hydrogen-bond acceptors (Lipinski definition) is 4. The number of nitrogens with one attached hydrogen (secondary N) is 1. The van der Waals surface area contributed by atoms with Crippen LogP contribution in [0.3, 0.4) is 0 Å². The number of aryl methyl sites for hydroxylation is 1. The van der Waals surface area contributed by atoms with Gasteiger partial charge < -0.3 is 14.8 Å². The average molecular weight is 197 g/mol. The van der Waals surface area contributed by atoms with Gasteiger partial charge in [-0.3, -0.25) is 4.79 Å². The third-order valence-corrected chi connectivity index (χ3v) is 1.64. The molecule has 0 aliphatic carbocycles. The second-order valence-corrected chi connectivity index (χ2v) is 2.76. The molecule has 0 aliphatic rings. The van der Waals surface area contributed by atoms with Crippen LogP contribution in [0.25, 0.3) is 0 Å². The van der Waals surface area contributed by atoms with Crippen molar-refractivity contribution in [2.24, 2.45) is 0 Å². The number of ether oxygens (including phenoxy) is 1. The van der Waals surface area contributed by atoms with Crippen LogP contribution in [0.2, 0.25) is 0 Å². The van der Waals surface area contributed by atoms with Crippen LogP contribution in [0.4, 0.5) is 0 Å². The molecule has 0 aliphatic heterocycles. The van der Waals surface area contributed by atoms with Gasteiger partial charge in [-0.05, 0) is 19.9 Å². The summed E-state index contributed by atoms with van der Waals surface area (Å²) in [5.74, 6) is -1.30. The fraction of sp³-hybridized carbons (Fsp3) is 0.333. The second kappa shape index (κ2) is 3.95. The van der Waals surface area contributed by atoms with Gasteiger partial charge in [0.1, 0.15) is 5.56 Å². The first-order valence-corrected chi connectivity index (χ1v) is 4.16. The first-order chi connectivity index (χ1) is 6.56. The highest BCUT2D eigenvalue weighted by Gasteiger charge is 2.15. The van der Waals surface area contributed by atoms with Crippen LogP contribution in [0.15, 0.2) is 10.9 Å². The summed E-state index contributed by atoms with van der Waals surface area (Å²) in [5.41, 5.74) is -0.294. The minimum atomic E-state index is -0.695. The predicted molar refractivity (Wildman–Crippen MR) is 49.4 cm³/mol. The van der Waals surface area contributed by atoms with E-state index in [1.54, 1.807) is 13.8 Å². The van der Waals surface area contributed by atoms with E-state index in [9.17, 15) is 14.7 Å². The Hall–Kier alpha value is -1.78. The monoisotopic (exact) mass is 197 g/mol. The summed E-state index contributed by atoms with van der Waals surface area (Å²) in [6, 6.07) is 1.37. The molecule has 1 rings (SSSR count). The third kappa shape index (κ3) is 1.93. The quantitative estimate of drug-likeness (QED) is 0.679. The Balaban J connectivity index is 3.20. The van der Waals surface area contributed by atoms with Crippen molar-refractivity contribution in [1.29, 1.82) is 0 Å². The SMILES string of the molecule is CCOC(=O)c1cc(C)[nH]c(=O)c1O. The molecule has 5 heteroatoms. The van der Waals surface area contributed by atoms with Crippen LogP contribution in [0, 0.1) is 6.92 Å². The second-order valence-electron chi connectivity index (χ2n) is 2.76. The summed E-state index contributed by atoms with van der Waals surface area (Å²) in [4.78, 5) is 24.7. The zero-order chi connectivity index (χ0) is 10.7. The minimum absolute atomic E-state index is 0.104. The standard InChI is InChI=1S/C9H11NO4/c1-3-14-9(13)6-4-5(2)10-8(12)7(6)11/h4,11H,3H2,1-2H3,(H,10,12). The summed E-state index contributed by atoms with van der Waals surface area (Å²) in [6.07, 6.45) is 0. The number of aromatic amines is 1. The highest BCUT2D eigenvalue weighted by Crippen LogP contribution is 2.12. The molecule has 1 heterocycles. The Morgan fingerprint density at radius 3 is 2.86 bits per heavy atom. The molecule has 0 unspecified atom stereocenters.